The molecule has 3 fully saturated rings. The highest BCUT2D eigenvalue weighted by molar-refractivity contribution is 5.98. The Balaban J connectivity index is 0.000000167. The van der Waals surface area contributed by atoms with Crippen LogP contribution in [0.15, 0.2) is 165 Å². The van der Waals surface area contributed by atoms with Crippen molar-refractivity contribution in [1.29, 1.82) is 0 Å². The third-order valence-corrected chi connectivity index (χ3v) is 17.4. The summed E-state index contributed by atoms with van der Waals surface area (Å²) >= 11 is 0. The Morgan fingerprint density at radius 3 is 1.10 bits per heavy atom. The van der Waals surface area contributed by atoms with Gasteiger partial charge in [0.1, 0.15) is 35.6 Å². The highest BCUT2D eigenvalue weighted by Gasteiger charge is 2.41. The minimum Gasteiger partial charge on any atom is -0.496 e. The maximum atomic E-state index is 13.6. The lowest BCUT2D eigenvalue weighted by atomic mass is 9.96. The van der Waals surface area contributed by atoms with Crippen molar-refractivity contribution in [3.05, 3.63) is 215 Å². The summed E-state index contributed by atoms with van der Waals surface area (Å²) in [7, 11) is 8.60. The number of methoxy groups -OCH3 is 6. The summed E-state index contributed by atoms with van der Waals surface area (Å²) < 4.78 is 46.7. The zero-order valence-electron chi connectivity index (χ0n) is 58.0. The molecule has 103 heavy (non-hydrogen) atoms. The van der Waals surface area contributed by atoms with Crippen molar-refractivity contribution < 1.29 is 90.9 Å². The molecular weight excluding hydrogens is 1330 g/mol. The number of carboxylic acid groups (broad SMARTS) is 1. The number of aromatic carboxylic acids is 1. The Hall–Kier alpha value is -12.4. The molecule has 2 saturated heterocycles. The smallest absolute Gasteiger partial charge is 0.337 e. The number of nitrogens with zero attached hydrogens (tertiary/aromatic N) is 5. The number of aromatic amines is 3. The van der Waals surface area contributed by atoms with Crippen LogP contribution in [-0.4, -0.2) is 173 Å². The van der Waals surface area contributed by atoms with Gasteiger partial charge in [-0.1, -0.05) is 36.4 Å². The fourth-order valence-corrected chi connectivity index (χ4v) is 12.6. The number of rotatable bonds is 18. The minimum atomic E-state index is -0.975. The van der Waals surface area contributed by atoms with E-state index in [-0.39, 0.29) is 60.6 Å². The molecule has 0 spiro atoms. The number of ether oxygens (including phenoxy) is 9. The van der Waals surface area contributed by atoms with Gasteiger partial charge in [-0.2, -0.15) is 15.3 Å². The number of carbonyl (C=O) groups is 9. The minimum absolute atomic E-state index is 0.00397. The highest BCUT2D eigenvalue weighted by Crippen LogP contribution is 2.41. The van der Waals surface area contributed by atoms with Crippen molar-refractivity contribution in [1.82, 2.24) is 40.4 Å². The van der Waals surface area contributed by atoms with Gasteiger partial charge >= 0.3 is 41.8 Å². The van der Waals surface area contributed by atoms with E-state index < -0.39 is 42.1 Å². The molecule has 4 N–H and O–H groups in total. The number of nitrogens with one attached hydrogen (secondary N) is 3. The number of amides is 2. The largest absolute Gasteiger partial charge is 0.496 e. The van der Waals surface area contributed by atoms with Crippen LogP contribution < -0.4 is 14.2 Å². The van der Waals surface area contributed by atoms with E-state index in [2.05, 4.69) is 30.6 Å². The molecule has 5 heterocycles. The number of aromatic nitrogens is 6. The monoisotopic (exact) mass is 1410 g/mol. The summed E-state index contributed by atoms with van der Waals surface area (Å²) in [6.45, 7) is 4.59. The summed E-state index contributed by atoms with van der Waals surface area (Å²) in [5, 5.41) is 28.8. The molecule has 536 valence electrons. The van der Waals surface area contributed by atoms with Gasteiger partial charge in [0, 0.05) is 96.7 Å². The molecule has 6 aromatic carbocycles. The van der Waals surface area contributed by atoms with E-state index in [4.69, 9.17) is 47.7 Å². The molecule has 1 aliphatic carbocycles. The Morgan fingerprint density at radius 1 is 0.408 bits per heavy atom. The lowest BCUT2D eigenvalue weighted by Crippen LogP contribution is -2.32. The number of carboxylic acids is 1. The van der Waals surface area contributed by atoms with Crippen LogP contribution in [0.1, 0.15) is 150 Å². The van der Waals surface area contributed by atoms with Crippen LogP contribution >= 0.6 is 0 Å². The maximum Gasteiger partial charge on any atom is 0.337 e. The van der Waals surface area contributed by atoms with Crippen LogP contribution in [0.3, 0.4) is 0 Å². The summed E-state index contributed by atoms with van der Waals surface area (Å²) in [6.07, 6.45) is 12.8. The third kappa shape index (κ3) is 18.9. The Morgan fingerprint density at radius 2 is 0.757 bits per heavy atom. The van der Waals surface area contributed by atoms with Crippen molar-refractivity contribution in [2.75, 3.05) is 55.7 Å². The Bertz CT molecular complexity index is 4290. The first-order chi connectivity index (χ1) is 49.6. The van der Waals surface area contributed by atoms with Crippen molar-refractivity contribution in [3.8, 4) is 50.6 Å². The molecule has 27 heteroatoms. The second kappa shape index (κ2) is 35.1. The molecule has 27 nitrogen and oxygen atoms in total. The molecule has 0 bridgehead atoms. The first kappa shape index (κ1) is 74.8. The highest BCUT2D eigenvalue weighted by atomic mass is 16.6. The predicted octanol–water partition coefficient (Wildman–Crippen LogP) is 11.2. The molecule has 9 aromatic rings. The van der Waals surface area contributed by atoms with Gasteiger partial charge in [0.25, 0.3) is 11.8 Å². The number of hydrogen-bond acceptors (Lipinski definition) is 21. The molecule has 6 atom stereocenters. The fourth-order valence-electron chi connectivity index (χ4n) is 12.6. The number of benzene rings is 6. The van der Waals surface area contributed by atoms with Gasteiger partial charge in [0.05, 0.1) is 109 Å². The van der Waals surface area contributed by atoms with Gasteiger partial charge in [-0.25, -0.2) is 19.2 Å². The predicted molar refractivity (Wildman–Crippen MR) is 372 cm³/mol. The molecule has 3 aliphatic rings. The first-order valence-electron chi connectivity index (χ1n) is 32.6. The van der Waals surface area contributed by atoms with Gasteiger partial charge in [-0.3, -0.25) is 39.3 Å². The van der Waals surface area contributed by atoms with E-state index in [1.165, 1.54) is 61.3 Å². The second-order valence-corrected chi connectivity index (χ2v) is 24.0. The Kier molecular flexibility index (Phi) is 25.5. The number of hydrogen-bond donors (Lipinski definition) is 4. The van der Waals surface area contributed by atoms with E-state index in [1.54, 1.807) is 134 Å². The molecule has 2 amide bonds. The van der Waals surface area contributed by atoms with Crippen molar-refractivity contribution in [3.63, 3.8) is 0 Å². The summed E-state index contributed by atoms with van der Waals surface area (Å²) in [4.78, 5) is 111. The summed E-state index contributed by atoms with van der Waals surface area (Å²) in [5.74, 6) is -1.82. The fraction of sp³-hybridized carbons (Fsp3) is 0.289. The average Bonchev–Trinajstić information content (AvgIpc) is 1.70. The lowest BCUT2D eigenvalue weighted by Gasteiger charge is -2.25. The normalized spacial score (nSPS) is 17.1. The van der Waals surface area contributed by atoms with Gasteiger partial charge in [0.2, 0.25) is 0 Å². The van der Waals surface area contributed by atoms with Gasteiger partial charge in [0.15, 0.2) is 0 Å². The Labute approximate surface area is 592 Å². The van der Waals surface area contributed by atoms with Crippen molar-refractivity contribution in [2.24, 2.45) is 0 Å². The van der Waals surface area contributed by atoms with Crippen molar-refractivity contribution in [2.45, 2.75) is 89.2 Å². The van der Waals surface area contributed by atoms with Crippen LogP contribution in [0.5, 0.6) is 17.2 Å². The second-order valence-electron chi connectivity index (χ2n) is 24.0. The molecule has 3 aromatic heterocycles. The molecule has 0 radical (unpaired) electrons. The van der Waals surface area contributed by atoms with Crippen LogP contribution in [0.2, 0.25) is 0 Å². The van der Waals surface area contributed by atoms with E-state index in [9.17, 15) is 43.2 Å². The van der Waals surface area contributed by atoms with Crippen LogP contribution in [0, 0.1) is 0 Å². The summed E-state index contributed by atoms with van der Waals surface area (Å²) in [5.41, 5.74) is 9.96. The third-order valence-electron chi connectivity index (χ3n) is 17.4. The number of H-pyrrole nitrogens is 3. The van der Waals surface area contributed by atoms with E-state index in [0.29, 0.717) is 63.8 Å². The van der Waals surface area contributed by atoms with E-state index >= 15 is 0 Å². The zero-order chi connectivity index (χ0) is 73.9. The number of esters is 6. The van der Waals surface area contributed by atoms with Crippen LogP contribution in [0.4, 0.5) is 0 Å². The van der Waals surface area contributed by atoms with Crippen molar-refractivity contribution >= 4 is 53.6 Å². The van der Waals surface area contributed by atoms with E-state index in [0.717, 1.165) is 69.3 Å². The standard InChI is InChI=1S/2C25H25N3O6.C15H18O4.C11H10N2O3/c2*1-15(29)34-20-11-22(16-5-4-6-18(9-16)25(31)33-3)28(14-20)24(30)17-7-8-21(23(10-17)32-2)19-12-26-27-13-19;1-10(16)19-14-7-6-12(9-14)11-4-3-5-13(8-11)15(17)18-2;1-16-10-4-7(11(14)15)2-3-9(10)8-5-12-13-6-8/h2*4-10,12-13,20,22H,11,14H2,1-3H3,(H,26,27);3-5,8,12,14H,6-7,9H2,1-2H3;2-6H,1H3,(H,12,13)(H,14,15)/t2*20?,22-;12-,14?;/m111./s1. The molecule has 1 saturated carbocycles. The van der Waals surface area contributed by atoms with E-state index in [1.807, 2.05) is 42.5 Å². The van der Waals surface area contributed by atoms with Gasteiger partial charge in [-0.15, -0.1) is 0 Å². The zero-order valence-corrected chi connectivity index (χ0v) is 58.0. The average molecular weight is 1410 g/mol. The number of carbonyl (C=O) groups excluding carboxylic acids is 8. The molecule has 2 aliphatic heterocycles. The van der Waals surface area contributed by atoms with Crippen LogP contribution in [-0.2, 0) is 42.8 Å². The summed E-state index contributed by atoms with van der Waals surface area (Å²) in [6, 6.07) is 35.8. The number of likely N-dealkylation sites (tertiary alicyclic amines) is 2. The maximum absolute atomic E-state index is 13.6. The molecule has 12 rings (SSSR count). The van der Waals surface area contributed by atoms with Gasteiger partial charge < -0.3 is 57.5 Å². The molecule has 3 unspecified atom stereocenters. The SMILES string of the molecule is COC(=O)c1cccc([C@@H]2CCC(OC(C)=O)C2)c1.COC(=O)c1cccc([C@H]2CC(OC(C)=O)CN2C(=O)c2ccc(-c3cn[nH]c3)c(OC)c2)c1.COC(=O)c1cccc([C@H]2CC(OC(C)=O)CN2C(=O)c2ccc(-c3cn[nH]c3)c(OC)c2)c1.COc1cc(C(=O)O)ccc1-c1cn[nH]c1. The molecular formula is C76H78N8O19. The first-order valence-corrected chi connectivity index (χ1v) is 32.6. The lowest BCUT2D eigenvalue weighted by molar-refractivity contribution is -0.146. The quantitative estimate of drug-likeness (QED) is 0.0458. The van der Waals surface area contributed by atoms with Crippen LogP contribution in [0.25, 0.3) is 33.4 Å². The topological polar surface area (TPSA) is 349 Å². The van der Waals surface area contributed by atoms with Gasteiger partial charge in [-0.05, 0) is 133 Å².